The number of carbonyl (C=O) groups excluding carboxylic acids is 1. The van der Waals surface area contributed by atoms with Gasteiger partial charge in [-0.25, -0.2) is 9.78 Å². The molecule has 0 bridgehead atoms. The van der Waals surface area contributed by atoms with Gasteiger partial charge in [-0.05, 0) is 6.92 Å². The molecule has 0 saturated heterocycles. The van der Waals surface area contributed by atoms with E-state index < -0.39 is 0 Å². The predicted octanol–water partition coefficient (Wildman–Crippen LogP) is 2.57. The molecule has 0 aliphatic rings. The van der Waals surface area contributed by atoms with Crippen molar-refractivity contribution < 1.29 is 9.53 Å². The summed E-state index contributed by atoms with van der Waals surface area (Å²) in [4.78, 5) is 20.7. The van der Waals surface area contributed by atoms with Crippen LogP contribution in [-0.4, -0.2) is 26.9 Å². The van der Waals surface area contributed by atoms with Gasteiger partial charge in [-0.2, -0.15) is 0 Å². The second-order valence-electron chi connectivity index (χ2n) is 4.20. The summed E-state index contributed by atoms with van der Waals surface area (Å²) >= 11 is 0. The molecule has 0 saturated carbocycles. The van der Waals surface area contributed by atoms with Gasteiger partial charge >= 0.3 is 5.97 Å². The molecule has 0 fully saturated rings. The highest BCUT2D eigenvalue weighted by atomic mass is 16.5. The zero-order valence-electron chi connectivity index (χ0n) is 11.0. The molecule has 2 heterocycles. The van der Waals surface area contributed by atoms with E-state index in [2.05, 4.69) is 9.97 Å². The summed E-state index contributed by atoms with van der Waals surface area (Å²) < 4.78 is 6.84. The van der Waals surface area contributed by atoms with Gasteiger partial charge in [-0.15, -0.1) is 0 Å². The van der Waals surface area contributed by atoms with Crippen LogP contribution in [-0.2, 0) is 4.74 Å². The van der Waals surface area contributed by atoms with E-state index in [1.807, 2.05) is 30.3 Å². The largest absolute Gasteiger partial charge is 0.461 e. The minimum Gasteiger partial charge on any atom is -0.461 e. The molecule has 5 nitrogen and oxygen atoms in total. The number of hydrogen-bond acceptors (Lipinski definition) is 4. The van der Waals surface area contributed by atoms with E-state index >= 15 is 0 Å². The van der Waals surface area contributed by atoms with Gasteiger partial charge in [0.15, 0.2) is 11.3 Å². The van der Waals surface area contributed by atoms with Crippen LogP contribution in [0.3, 0.4) is 0 Å². The van der Waals surface area contributed by atoms with Crippen molar-refractivity contribution in [3.8, 4) is 11.3 Å². The van der Waals surface area contributed by atoms with Crippen molar-refractivity contribution in [2.45, 2.75) is 6.92 Å². The van der Waals surface area contributed by atoms with Crippen LogP contribution < -0.4 is 0 Å². The summed E-state index contributed by atoms with van der Waals surface area (Å²) in [5.74, 6) is -0.384. The maximum atomic E-state index is 12.2. The highest BCUT2D eigenvalue weighted by molar-refractivity contribution is 5.96. The van der Waals surface area contributed by atoms with Gasteiger partial charge < -0.3 is 4.74 Å². The van der Waals surface area contributed by atoms with Crippen molar-refractivity contribution in [1.82, 2.24) is 14.4 Å². The van der Waals surface area contributed by atoms with Gasteiger partial charge in [0.25, 0.3) is 0 Å². The van der Waals surface area contributed by atoms with E-state index in [1.165, 1.54) is 0 Å². The smallest absolute Gasteiger partial charge is 0.357 e. The van der Waals surface area contributed by atoms with Crippen molar-refractivity contribution in [2.75, 3.05) is 6.61 Å². The molecule has 3 aromatic rings. The summed E-state index contributed by atoms with van der Waals surface area (Å²) in [6, 6.07) is 9.57. The van der Waals surface area contributed by atoms with Gasteiger partial charge in [0.2, 0.25) is 0 Å². The minimum absolute atomic E-state index is 0.325. The lowest BCUT2D eigenvalue weighted by molar-refractivity contribution is 0.0519. The number of benzene rings is 1. The van der Waals surface area contributed by atoms with Crippen LogP contribution in [0.15, 0.2) is 48.9 Å². The van der Waals surface area contributed by atoms with Crippen LogP contribution in [0.2, 0.25) is 0 Å². The first kappa shape index (κ1) is 12.3. The van der Waals surface area contributed by atoms with Crippen molar-refractivity contribution in [1.29, 1.82) is 0 Å². The number of esters is 1. The Labute approximate surface area is 115 Å². The van der Waals surface area contributed by atoms with Gasteiger partial charge in [-0.3, -0.25) is 9.38 Å². The minimum atomic E-state index is -0.384. The predicted molar refractivity (Wildman–Crippen MR) is 74.4 cm³/mol. The fraction of sp³-hybridized carbons (Fsp3) is 0.133. The Morgan fingerprint density at radius 1 is 1.30 bits per heavy atom. The number of fused-ring (bicyclic) bond motifs is 1. The second-order valence-corrected chi connectivity index (χ2v) is 4.20. The van der Waals surface area contributed by atoms with Crippen LogP contribution in [0, 0.1) is 0 Å². The molecule has 2 aromatic heterocycles. The fourth-order valence-corrected chi connectivity index (χ4v) is 2.10. The summed E-state index contributed by atoms with van der Waals surface area (Å²) in [5, 5.41) is 0. The number of carbonyl (C=O) groups is 1. The molecule has 1 aromatic carbocycles. The molecule has 0 atom stereocenters. The second kappa shape index (κ2) is 5.13. The fourth-order valence-electron chi connectivity index (χ4n) is 2.10. The zero-order chi connectivity index (χ0) is 13.9. The van der Waals surface area contributed by atoms with Crippen molar-refractivity contribution in [3.05, 3.63) is 54.6 Å². The van der Waals surface area contributed by atoms with Crippen LogP contribution >= 0.6 is 0 Å². The first-order valence-electron chi connectivity index (χ1n) is 6.36. The van der Waals surface area contributed by atoms with E-state index in [0.717, 1.165) is 5.56 Å². The van der Waals surface area contributed by atoms with Crippen molar-refractivity contribution in [3.63, 3.8) is 0 Å². The molecule has 0 radical (unpaired) electrons. The molecular weight excluding hydrogens is 254 g/mol. The van der Waals surface area contributed by atoms with Crippen LogP contribution in [0.1, 0.15) is 17.4 Å². The molecular formula is C15H13N3O2. The number of ether oxygens (including phenoxy) is 1. The average molecular weight is 267 g/mol. The summed E-state index contributed by atoms with van der Waals surface area (Å²) in [6.07, 6.45) is 4.95. The number of hydrogen-bond donors (Lipinski definition) is 0. The number of rotatable bonds is 3. The summed E-state index contributed by atoms with van der Waals surface area (Å²) in [7, 11) is 0. The Kier molecular flexibility index (Phi) is 3.16. The standard InChI is InChI=1S/C15H13N3O2/c1-2-20-15(19)14-13(11-6-4-3-5-7-11)17-12-10-16-8-9-18(12)14/h3-10H,2H2,1H3. The Morgan fingerprint density at radius 2 is 2.10 bits per heavy atom. The van der Waals surface area contributed by atoms with E-state index in [-0.39, 0.29) is 5.97 Å². The highest BCUT2D eigenvalue weighted by Gasteiger charge is 2.21. The number of nitrogens with zero attached hydrogens (tertiary/aromatic N) is 3. The van der Waals surface area contributed by atoms with Gasteiger partial charge in [0.05, 0.1) is 12.8 Å². The number of imidazole rings is 1. The van der Waals surface area contributed by atoms with Gasteiger partial charge in [-0.1, -0.05) is 30.3 Å². The Morgan fingerprint density at radius 3 is 2.85 bits per heavy atom. The van der Waals surface area contributed by atoms with Crippen LogP contribution in [0.5, 0.6) is 0 Å². The van der Waals surface area contributed by atoms with Crippen molar-refractivity contribution >= 4 is 11.6 Å². The normalized spacial score (nSPS) is 10.7. The van der Waals surface area contributed by atoms with E-state index in [4.69, 9.17) is 4.74 Å². The molecule has 5 heteroatoms. The van der Waals surface area contributed by atoms with E-state index in [9.17, 15) is 4.79 Å². The van der Waals surface area contributed by atoms with Gasteiger partial charge in [0.1, 0.15) is 5.69 Å². The van der Waals surface area contributed by atoms with E-state index in [1.54, 1.807) is 29.9 Å². The first-order valence-corrected chi connectivity index (χ1v) is 6.36. The van der Waals surface area contributed by atoms with Gasteiger partial charge in [0, 0.05) is 18.0 Å². The molecule has 0 aliphatic carbocycles. The summed E-state index contributed by atoms with van der Waals surface area (Å²) in [6.45, 7) is 2.11. The Bertz CT molecular complexity index is 750. The van der Waals surface area contributed by atoms with Crippen LogP contribution in [0.4, 0.5) is 0 Å². The lowest BCUT2D eigenvalue weighted by Gasteiger charge is -2.04. The lowest BCUT2D eigenvalue weighted by Crippen LogP contribution is -2.09. The molecule has 0 unspecified atom stereocenters. The SMILES string of the molecule is CCOC(=O)c1c(-c2ccccc2)nc2cnccn12. The molecule has 100 valence electrons. The maximum Gasteiger partial charge on any atom is 0.357 e. The van der Waals surface area contributed by atoms with Crippen LogP contribution in [0.25, 0.3) is 16.9 Å². The molecule has 3 rings (SSSR count). The third-order valence-electron chi connectivity index (χ3n) is 2.95. The quantitative estimate of drug-likeness (QED) is 0.684. The average Bonchev–Trinajstić information content (AvgIpc) is 2.88. The molecule has 0 amide bonds. The highest BCUT2D eigenvalue weighted by Crippen LogP contribution is 2.24. The first-order chi connectivity index (χ1) is 9.81. The summed E-state index contributed by atoms with van der Waals surface area (Å²) in [5.41, 5.74) is 2.53. The van der Waals surface area contributed by atoms with Crippen molar-refractivity contribution in [2.24, 2.45) is 0 Å². The molecule has 0 spiro atoms. The number of aromatic nitrogens is 3. The Balaban J connectivity index is 2.25. The third kappa shape index (κ3) is 2.03. The molecule has 20 heavy (non-hydrogen) atoms. The maximum absolute atomic E-state index is 12.2. The topological polar surface area (TPSA) is 56.5 Å². The Hall–Kier alpha value is -2.69. The zero-order valence-corrected chi connectivity index (χ0v) is 11.0. The third-order valence-corrected chi connectivity index (χ3v) is 2.95. The molecule has 0 N–H and O–H groups in total. The molecule has 0 aliphatic heterocycles. The monoisotopic (exact) mass is 267 g/mol. The van der Waals surface area contributed by atoms with E-state index in [0.29, 0.717) is 23.6 Å². The lowest BCUT2D eigenvalue weighted by atomic mass is 10.1.